The number of aromatic amines is 2. The maximum Gasteiger partial charge on any atom is 0.103 e. The fourth-order valence-corrected chi connectivity index (χ4v) is 1.38. The van der Waals surface area contributed by atoms with E-state index >= 15 is 0 Å². The van der Waals surface area contributed by atoms with Crippen LogP contribution in [0.25, 0.3) is 10.9 Å². The van der Waals surface area contributed by atoms with E-state index in [9.17, 15) is 0 Å². The van der Waals surface area contributed by atoms with Gasteiger partial charge in [-0.3, -0.25) is 0 Å². The fraction of sp³-hybridized carbons (Fsp3) is 0.125. The SMILES string of the molecule is Cc1cc2cc(=S)[nH]cc2[nH]1. The fourth-order valence-electron chi connectivity index (χ4n) is 1.20. The number of hydrogen-bond donors (Lipinski definition) is 2. The van der Waals surface area contributed by atoms with Crippen molar-refractivity contribution in [2.75, 3.05) is 0 Å². The largest absolute Gasteiger partial charge is 0.357 e. The number of fused-ring (bicyclic) bond motifs is 1. The van der Waals surface area contributed by atoms with Crippen LogP contribution in [-0.2, 0) is 0 Å². The van der Waals surface area contributed by atoms with Gasteiger partial charge in [-0.05, 0) is 19.1 Å². The lowest BCUT2D eigenvalue weighted by molar-refractivity contribution is 1.27. The topological polar surface area (TPSA) is 31.6 Å². The van der Waals surface area contributed by atoms with Gasteiger partial charge in [0.2, 0.25) is 0 Å². The number of aryl methyl sites for hydroxylation is 1. The van der Waals surface area contributed by atoms with Gasteiger partial charge < -0.3 is 9.97 Å². The first kappa shape index (κ1) is 6.61. The number of hydrogen-bond acceptors (Lipinski definition) is 1. The standard InChI is InChI=1S/C8H8N2S/c1-5-2-6-3-8(11)9-4-7(6)10-5/h2-4,10H,1H3,(H,9,11). The Hall–Kier alpha value is -1.09. The first-order valence-electron chi connectivity index (χ1n) is 3.44. The van der Waals surface area contributed by atoms with Crippen molar-refractivity contribution in [3.8, 4) is 0 Å². The van der Waals surface area contributed by atoms with E-state index < -0.39 is 0 Å². The second-order valence-corrected chi connectivity index (χ2v) is 3.06. The molecule has 2 heterocycles. The van der Waals surface area contributed by atoms with Crippen LogP contribution in [0, 0.1) is 11.6 Å². The van der Waals surface area contributed by atoms with Crippen molar-refractivity contribution in [1.82, 2.24) is 9.97 Å². The van der Waals surface area contributed by atoms with Gasteiger partial charge in [0.25, 0.3) is 0 Å². The van der Waals surface area contributed by atoms with Crippen molar-refractivity contribution in [2.45, 2.75) is 6.92 Å². The zero-order valence-corrected chi connectivity index (χ0v) is 6.96. The minimum absolute atomic E-state index is 0.775. The maximum absolute atomic E-state index is 4.98. The van der Waals surface area contributed by atoms with Crippen LogP contribution in [0.3, 0.4) is 0 Å². The van der Waals surface area contributed by atoms with Crippen LogP contribution >= 0.6 is 12.2 Å². The van der Waals surface area contributed by atoms with E-state index in [4.69, 9.17) is 12.2 Å². The Balaban J connectivity index is 2.92. The van der Waals surface area contributed by atoms with Crippen molar-refractivity contribution in [2.24, 2.45) is 0 Å². The molecule has 2 aromatic rings. The van der Waals surface area contributed by atoms with Gasteiger partial charge in [0.15, 0.2) is 0 Å². The van der Waals surface area contributed by atoms with Crippen molar-refractivity contribution in [3.63, 3.8) is 0 Å². The minimum Gasteiger partial charge on any atom is -0.357 e. The van der Waals surface area contributed by atoms with E-state index in [0.717, 1.165) is 15.9 Å². The van der Waals surface area contributed by atoms with E-state index in [1.807, 2.05) is 19.2 Å². The van der Waals surface area contributed by atoms with E-state index in [1.165, 1.54) is 5.39 Å². The molecule has 0 aliphatic carbocycles. The summed E-state index contributed by atoms with van der Waals surface area (Å²) in [5.74, 6) is 0. The molecule has 0 saturated carbocycles. The van der Waals surface area contributed by atoms with Crippen LogP contribution in [0.5, 0.6) is 0 Å². The molecule has 0 spiro atoms. The van der Waals surface area contributed by atoms with Crippen molar-refractivity contribution in [1.29, 1.82) is 0 Å². The molecule has 0 amide bonds. The molecule has 0 fully saturated rings. The third-order valence-corrected chi connectivity index (χ3v) is 1.90. The molecule has 0 bridgehead atoms. The zero-order valence-electron chi connectivity index (χ0n) is 6.14. The van der Waals surface area contributed by atoms with Gasteiger partial charge >= 0.3 is 0 Å². The van der Waals surface area contributed by atoms with E-state index in [2.05, 4.69) is 16.0 Å². The molecule has 2 N–H and O–H groups in total. The smallest absolute Gasteiger partial charge is 0.103 e. The predicted molar refractivity (Wildman–Crippen MR) is 48.2 cm³/mol. The molecule has 0 aliphatic heterocycles. The second kappa shape index (κ2) is 2.20. The number of aromatic nitrogens is 2. The number of nitrogens with one attached hydrogen (secondary N) is 2. The molecule has 11 heavy (non-hydrogen) atoms. The molecule has 0 radical (unpaired) electrons. The Kier molecular flexibility index (Phi) is 1.32. The molecule has 56 valence electrons. The van der Waals surface area contributed by atoms with Crippen LogP contribution in [0.4, 0.5) is 0 Å². The van der Waals surface area contributed by atoms with Crippen molar-refractivity contribution < 1.29 is 0 Å². The van der Waals surface area contributed by atoms with Gasteiger partial charge in [-0.15, -0.1) is 0 Å². The Morgan fingerprint density at radius 3 is 3.00 bits per heavy atom. The lowest BCUT2D eigenvalue weighted by Crippen LogP contribution is -1.72. The van der Waals surface area contributed by atoms with Crippen molar-refractivity contribution in [3.05, 3.63) is 28.7 Å². The molecular weight excluding hydrogens is 156 g/mol. The lowest BCUT2D eigenvalue weighted by atomic mass is 10.3. The van der Waals surface area contributed by atoms with Gasteiger partial charge in [0.1, 0.15) is 4.64 Å². The van der Waals surface area contributed by atoms with E-state index in [0.29, 0.717) is 0 Å². The average Bonchev–Trinajstić information content (AvgIpc) is 2.27. The van der Waals surface area contributed by atoms with E-state index in [1.54, 1.807) is 0 Å². The lowest BCUT2D eigenvalue weighted by Gasteiger charge is -1.86. The molecule has 0 unspecified atom stereocenters. The Bertz CT molecular complexity index is 439. The first-order chi connectivity index (χ1) is 5.25. The highest BCUT2D eigenvalue weighted by Crippen LogP contribution is 2.12. The van der Waals surface area contributed by atoms with Gasteiger partial charge in [0.05, 0.1) is 5.52 Å². The Labute approximate surface area is 69.3 Å². The molecule has 2 aromatic heterocycles. The molecule has 0 saturated heterocycles. The monoisotopic (exact) mass is 164 g/mol. The van der Waals surface area contributed by atoms with Crippen LogP contribution in [-0.4, -0.2) is 9.97 Å². The van der Waals surface area contributed by atoms with Crippen LogP contribution in [0.15, 0.2) is 18.3 Å². The highest BCUT2D eigenvalue weighted by atomic mass is 32.1. The summed E-state index contributed by atoms with van der Waals surface area (Å²) in [6, 6.07) is 4.03. The Morgan fingerprint density at radius 2 is 2.18 bits per heavy atom. The molecule has 3 heteroatoms. The van der Waals surface area contributed by atoms with Crippen molar-refractivity contribution >= 4 is 23.1 Å². The van der Waals surface area contributed by atoms with E-state index in [-0.39, 0.29) is 0 Å². The third kappa shape index (κ3) is 1.07. The summed E-state index contributed by atoms with van der Waals surface area (Å²) < 4.78 is 0.775. The summed E-state index contributed by atoms with van der Waals surface area (Å²) in [7, 11) is 0. The first-order valence-corrected chi connectivity index (χ1v) is 3.84. The highest BCUT2D eigenvalue weighted by molar-refractivity contribution is 7.71. The van der Waals surface area contributed by atoms with Gasteiger partial charge in [-0.2, -0.15) is 0 Å². The molecular formula is C8H8N2S. The summed E-state index contributed by atoms with van der Waals surface area (Å²) in [5, 5.41) is 1.17. The summed E-state index contributed by atoms with van der Waals surface area (Å²) >= 11 is 4.98. The molecule has 0 aromatic carbocycles. The average molecular weight is 164 g/mol. The summed E-state index contributed by atoms with van der Waals surface area (Å²) in [4.78, 5) is 6.18. The number of H-pyrrole nitrogens is 2. The summed E-state index contributed by atoms with van der Waals surface area (Å²) in [6.45, 7) is 2.03. The maximum atomic E-state index is 4.98. The van der Waals surface area contributed by atoms with Gasteiger partial charge in [-0.25, -0.2) is 0 Å². The predicted octanol–water partition coefficient (Wildman–Crippen LogP) is 2.53. The summed E-state index contributed by atoms with van der Waals surface area (Å²) in [5.41, 5.74) is 2.27. The molecule has 0 aliphatic rings. The van der Waals surface area contributed by atoms with Crippen LogP contribution in [0.1, 0.15) is 5.69 Å². The molecule has 2 nitrogen and oxygen atoms in total. The molecule has 2 rings (SSSR count). The second-order valence-electron chi connectivity index (χ2n) is 2.62. The third-order valence-electron chi connectivity index (χ3n) is 1.66. The van der Waals surface area contributed by atoms with Gasteiger partial charge in [-0.1, -0.05) is 12.2 Å². The van der Waals surface area contributed by atoms with Gasteiger partial charge in [0, 0.05) is 17.3 Å². The summed E-state index contributed by atoms with van der Waals surface area (Å²) in [6.07, 6.45) is 1.89. The minimum atomic E-state index is 0.775. The number of pyridine rings is 1. The number of rotatable bonds is 0. The van der Waals surface area contributed by atoms with Crippen LogP contribution in [0.2, 0.25) is 0 Å². The van der Waals surface area contributed by atoms with Crippen LogP contribution < -0.4 is 0 Å². The highest BCUT2D eigenvalue weighted by Gasteiger charge is 1.94. The zero-order chi connectivity index (χ0) is 7.84. The Morgan fingerprint density at radius 1 is 1.36 bits per heavy atom. The quantitative estimate of drug-likeness (QED) is 0.576. The molecule has 0 atom stereocenters. The normalized spacial score (nSPS) is 10.6.